The summed E-state index contributed by atoms with van der Waals surface area (Å²) in [5.74, 6) is -5.36. The number of rotatable bonds is 19. The van der Waals surface area contributed by atoms with Crippen LogP contribution in [0.3, 0.4) is 0 Å². The summed E-state index contributed by atoms with van der Waals surface area (Å²) >= 11 is 0. The molecule has 3 aliphatic heterocycles. The monoisotopic (exact) mass is 1170 g/mol. The van der Waals surface area contributed by atoms with Gasteiger partial charge in [0.1, 0.15) is 37.3 Å². The van der Waals surface area contributed by atoms with Crippen LogP contribution in [0.5, 0.6) is 5.75 Å². The highest BCUT2D eigenvalue weighted by Gasteiger charge is 2.73. The van der Waals surface area contributed by atoms with Gasteiger partial charge < -0.3 is 70.5 Å². The molecule has 10 aliphatic rings. The Labute approximate surface area is 482 Å². The number of carbonyl (C=O) groups excluding carboxylic acids is 8. The molecule has 12 rings (SSSR count). The number of ether oxygens (including phenoxy) is 3. The van der Waals surface area contributed by atoms with Gasteiger partial charge in [-0.05, 0) is 127 Å². The van der Waals surface area contributed by atoms with Gasteiger partial charge in [0, 0.05) is 67.9 Å². The van der Waals surface area contributed by atoms with E-state index in [-0.39, 0.29) is 90.9 Å². The first-order chi connectivity index (χ1) is 39.9. The molecule has 24 heteroatoms. The quantitative estimate of drug-likeness (QED) is 0.0909. The standard InChI is InChI=1S/C60H71N5O19/c1-56-17-15-36(67)20-33(56)6-9-37-38-21-34-24-64(30-60(34,42(69)25-66)57(38,2)23-40(68)48(37)56)35-7-3-31(4-8-35)22-58-27-59(28-58,29-58)63-55(80)81-26-32-5-10-41(82-54-51(77)49(75)50(76)52(83-54)53(78)79)39(19-32)62-44(71)16-18-61-43(70)11-14-47(74)84-65-45(72)12-13-46(65)73/h3-5,7-8,10,15,17,19-20,34,37-38,40,48-52,54,66,68,75-77H,6,9,11-14,16,18,21-30H2,1-2H3,(H,61,70)(H,62,71)(H,63,80)(H,78,79)/t34-,37-,38-,40-,48+,49-,50-,51+,52-,54+,56-,57-,58?,59?,60+/m0/s1. The number of alkyl carbamates (subject to hydrolysis) is 1. The third-order valence-electron chi connectivity index (χ3n) is 20.2. The van der Waals surface area contributed by atoms with Crippen molar-refractivity contribution < 1.29 is 92.8 Å². The zero-order chi connectivity index (χ0) is 59.8. The minimum atomic E-state index is -2.00. The van der Waals surface area contributed by atoms with E-state index in [1.165, 1.54) is 18.2 Å². The van der Waals surface area contributed by atoms with Gasteiger partial charge in [-0.1, -0.05) is 43.7 Å². The number of fused-ring (bicyclic) bond motifs is 7. The second kappa shape index (κ2) is 22.1. The maximum absolute atomic E-state index is 14.2. The topological polar surface area (TPSA) is 354 Å². The molecule has 0 radical (unpaired) electrons. The van der Waals surface area contributed by atoms with Crippen LogP contribution in [0.1, 0.15) is 102 Å². The minimum Gasteiger partial charge on any atom is -0.479 e. The number of hydrogen-bond acceptors (Lipinski definition) is 19. The Morgan fingerprint density at radius 3 is 2.26 bits per heavy atom. The lowest BCUT2D eigenvalue weighted by molar-refractivity contribution is -0.271. The summed E-state index contributed by atoms with van der Waals surface area (Å²) < 4.78 is 16.6. The number of Topliss-reactive ketones (excluding diaryl/α,β-unsaturated/α-hetero) is 1. The molecule has 2 aromatic carbocycles. The number of benzene rings is 2. The van der Waals surface area contributed by atoms with E-state index in [0.717, 1.165) is 61.8 Å². The predicted molar refractivity (Wildman–Crippen MR) is 290 cm³/mol. The number of nitrogens with zero attached hydrogens (tertiary/aromatic N) is 2. The second-order valence-electron chi connectivity index (χ2n) is 25.3. The van der Waals surface area contributed by atoms with Crippen molar-refractivity contribution in [3.8, 4) is 5.75 Å². The van der Waals surface area contributed by atoms with Gasteiger partial charge in [0.25, 0.3) is 11.8 Å². The van der Waals surface area contributed by atoms with Gasteiger partial charge >= 0.3 is 18.0 Å². The van der Waals surface area contributed by atoms with Crippen molar-refractivity contribution in [2.75, 3.05) is 36.5 Å². The van der Waals surface area contributed by atoms with Crippen molar-refractivity contribution in [2.45, 2.75) is 146 Å². The van der Waals surface area contributed by atoms with E-state index in [4.69, 9.17) is 19.0 Å². The van der Waals surface area contributed by atoms with Crippen LogP contribution >= 0.6 is 0 Å². The van der Waals surface area contributed by atoms with Crippen LogP contribution in [0, 0.1) is 45.3 Å². The van der Waals surface area contributed by atoms with Gasteiger partial charge in [0.15, 0.2) is 17.7 Å². The molecule has 2 bridgehead atoms. The minimum absolute atomic E-state index is 0.00277. The molecule has 6 saturated carbocycles. The molecule has 24 nitrogen and oxygen atoms in total. The fourth-order valence-electron chi connectivity index (χ4n) is 16.5. The summed E-state index contributed by atoms with van der Waals surface area (Å²) in [7, 11) is 0. The highest BCUT2D eigenvalue weighted by atomic mass is 16.7. The van der Waals surface area contributed by atoms with Crippen molar-refractivity contribution in [3.63, 3.8) is 0 Å². The number of aliphatic carboxylic acids is 1. The Hall–Kier alpha value is -7.09. The Bertz CT molecular complexity index is 3090. The van der Waals surface area contributed by atoms with Gasteiger partial charge in [-0.25, -0.2) is 14.4 Å². The van der Waals surface area contributed by atoms with E-state index in [1.54, 1.807) is 12.2 Å². The Kier molecular flexibility index (Phi) is 15.4. The van der Waals surface area contributed by atoms with E-state index in [9.17, 15) is 73.8 Å². The van der Waals surface area contributed by atoms with E-state index in [1.807, 2.05) is 6.08 Å². The number of nitrogens with one attached hydrogen (secondary N) is 3. The Morgan fingerprint density at radius 1 is 0.845 bits per heavy atom. The highest BCUT2D eigenvalue weighted by molar-refractivity contribution is 6.02. The molecule has 0 spiro atoms. The molecule has 7 aliphatic carbocycles. The molecule has 84 heavy (non-hydrogen) atoms. The second-order valence-corrected chi connectivity index (χ2v) is 25.3. The van der Waals surface area contributed by atoms with Crippen LogP contribution in [0.2, 0.25) is 0 Å². The summed E-state index contributed by atoms with van der Waals surface area (Å²) in [5.41, 5.74) is 1.25. The molecule has 2 aromatic rings. The van der Waals surface area contributed by atoms with Crippen molar-refractivity contribution in [1.29, 1.82) is 0 Å². The number of allylic oxidation sites excluding steroid dienone is 4. The largest absolute Gasteiger partial charge is 0.479 e. The average Bonchev–Trinajstić information content (AvgIpc) is 1.28. The predicted octanol–water partition coefficient (Wildman–Crippen LogP) is 2.05. The fourth-order valence-corrected chi connectivity index (χ4v) is 16.5. The number of carboxylic acid groups (broad SMARTS) is 1. The summed E-state index contributed by atoms with van der Waals surface area (Å²) in [5, 5.41) is 71.9. The van der Waals surface area contributed by atoms with Crippen molar-refractivity contribution in [2.24, 2.45) is 45.3 Å². The first-order valence-corrected chi connectivity index (χ1v) is 28.8. The lowest BCUT2D eigenvalue weighted by atomic mass is 9.38. The van der Waals surface area contributed by atoms with E-state index in [2.05, 4.69) is 59.0 Å². The number of aliphatic hydroxyl groups is 5. The number of aliphatic hydroxyl groups excluding tert-OH is 5. The van der Waals surface area contributed by atoms with Crippen LogP contribution in [0.15, 0.2) is 66.3 Å². The van der Waals surface area contributed by atoms with Crippen molar-refractivity contribution in [3.05, 3.63) is 77.4 Å². The first kappa shape index (κ1) is 58.7. The van der Waals surface area contributed by atoms with Crippen LogP contribution < -0.4 is 25.6 Å². The van der Waals surface area contributed by atoms with Gasteiger partial charge in [0.2, 0.25) is 18.1 Å². The van der Waals surface area contributed by atoms with Gasteiger partial charge in [-0.3, -0.25) is 28.8 Å². The van der Waals surface area contributed by atoms with Crippen molar-refractivity contribution >= 4 is 64.6 Å². The number of anilines is 2. The van der Waals surface area contributed by atoms with Crippen LogP contribution in [0.4, 0.5) is 16.2 Å². The third-order valence-corrected chi connectivity index (χ3v) is 20.2. The molecule has 9 fully saturated rings. The number of imide groups is 1. The molecule has 9 N–H and O–H groups in total. The molecule has 450 valence electrons. The molecule has 3 heterocycles. The summed E-state index contributed by atoms with van der Waals surface area (Å²) in [4.78, 5) is 120. The maximum Gasteiger partial charge on any atom is 0.407 e. The van der Waals surface area contributed by atoms with E-state index >= 15 is 0 Å². The Balaban J connectivity index is 0.674. The first-order valence-electron chi connectivity index (χ1n) is 28.8. The number of hydrogen-bond donors (Lipinski definition) is 9. The molecular formula is C60H71N5O19. The van der Waals surface area contributed by atoms with Crippen LogP contribution in [0.25, 0.3) is 0 Å². The summed E-state index contributed by atoms with van der Waals surface area (Å²) in [6.45, 7) is 4.38. The molecule has 13 atom stereocenters. The molecule has 3 saturated heterocycles. The zero-order valence-electron chi connectivity index (χ0n) is 46.7. The highest BCUT2D eigenvalue weighted by Crippen LogP contribution is 2.73. The smallest absolute Gasteiger partial charge is 0.407 e. The number of carboxylic acids is 1. The third kappa shape index (κ3) is 10.3. The van der Waals surface area contributed by atoms with Gasteiger partial charge in [-0.2, -0.15) is 0 Å². The maximum atomic E-state index is 14.2. The molecular weight excluding hydrogens is 1090 g/mol. The summed E-state index contributed by atoms with van der Waals surface area (Å²) in [6, 6.07) is 12.6. The number of amides is 5. The Morgan fingerprint density at radius 2 is 1.56 bits per heavy atom. The number of ketones is 2. The lowest BCUT2D eigenvalue weighted by Gasteiger charge is -2.70. The normalized spacial score (nSPS) is 35.9. The number of carbonyl (C=O) groups is 9. The van der Waals surface area contributed by atoms with E-state index < -0.39 is 113 Å². The van der Waals surface area contributed by atoms with E-state index in [0.29, 0.717) is 30.1 Å². The lowest BCUT2D eigenvalue weighted by Crippen LogP contribution is -2.75. The molecule has 0 aromatic heterocycles. The van der Waals surface area contributed by atoms with Crippen LogP contribution in [-0.4, -0.2) is 158 Å². The number of hydroxylamine groups is 2. The van der Waals surface area contributed by atoms with Gasteiger partial charge in [-0.15, -0.1) is 5.06 Å². The van der Waals surface area contributed by atoms with Crippen molar-refractivity contribution in [1.82, 2.24) is 15.7 Å². The fraction of sp³-hybridized carbons (Fsp3) is 0.583. The molecule has 0 unspecified atom stereocenters. The average molecular weight is 1170 g/mol. The molecule has 5 amide bonds. The SMILES string of the molecule is C[C@]12C=CC(=O)C=C1CC[C@@H]1[C@@H]2[C@@H](O)C[C@@]2(C)[C@H]1C[C@H]1CN(c3ccc(CC45CC(NC(=O)OCc6ccc(O[C@@H]7O[C@H](C(=O)O)[C@@H](O)[C@H](O)[C@H]7O)c(NC(=O)CCNC(=O)CCC(=O)ON7C(=O)CCC7=O)c6)(C4)C5)cc3)C[C@]12C(=O)CO. The van der Waals surface area contributed by atoms with Crippen LogP contribution in [-0.2, 0) is 65.7 Å². The summed E-state index contributed by atoms with van der Waals surface area (Å²) in [6.07, 6.45) is -1.21. The zero-order valence-corrected chi connectivity index (χ0v) is 46.7. The van der Waals surface area contributed by atoms with Gasteiger partial charge in [0.05, 0.1) is 23.6 Å².